The van der Waals surface area contributed by atoms with E-state index in [9.17, 15) is 9.18 Å². The van der Waals surface area contributed by atoms with Crippen molar-refractivity contribution in [3.8, 4) is 5.69 Å². The van der Waals surface area contributed by atoms with Crippen molar-refractivity contribution in [2.45, 2.75) is 12.6 Å². The first-order valence-corrected chi connectivity index (χ1v) is 11.4. The quantitative estimate of drug-likeness (QED) is 0.369. The maximum Gasteiger partial charge on any atom is 0.322 e. The van der Waals surface area contributed by atoms with Crippen molar-refractivity contribution in [3.63, 3.8) is 0 Å². The number of anilines is 2. The van der Waals surface area contributed by atoms with E-state index in [1.807, 2.05) is 55.5 Å². The molecule has 0 aliphatic carbocycles. The SMILES string of the molecule is CN(C)c1ccc([C@@H]2c3cccn3-c3ccccc3CN2C(=O)Nc2ccc(F)c(Cl)c2)cc1. The Hall–Kier alpha value is -3.77. The number of nitrogens with one attached hydrogen (secondary N) is 1. The van der Waals surface area contributed by atoms with E-state index < -0.39 is 5.82 Å². The van der Waals surface area contributed by atoms with Gasteiger partial charge in [0.1, 0.15) is 5.82 Å². The third-order valence-electron chi connectivity index (χ3n) is 6.12. The molecule has 0 radical (unpaired) electrons. The summed E-state index contributed by atoms with van der Waals surface area (Å²) in [5.74, 6) is -0.528. The molecule has 0 spiro atoms. The van der Waals surface area contributed by atoms with Crippen molar-refractivity contribution in [2.24, 2.45) is 0 Å². The molecule has 172 valence electrons. The van der Waals surface area contributed by atoms with Gasteiger partial charge in [-0.05, 0) is 59.7 Å². The third-order valence-corrected chi connectivity index (χ3v) is 6.41. The number of hydrogen-bond acceptors (Lipinski definition) is 2. The molecule has 5 nitrogen and oxygen atoms in total. The molecule has 0 unspecified atom stereocenters. The molecule has 4 aromatic rings. The Morgan fingerprint density at radius 3 is 2.53 bits per heavy atom. The fourth-order valence-electron chi connectivity index (χ4n) is 4.41. The van der Waals surface area contributed by atoms with Gasteiger partial charge in [-0.3, -0.25) is 0 Å². The maximum absolute atomic E-state index is 13.7. The molecule has 0 fully saturated rings. The Morgan fingerprint density at radius 2 is 1.79 bits per heavy atom. The van der Waals surface area contributed by atoms with Gasteiger partial charge >= 0.3 is 6.03 Å². The molecule has 1 aliphatic heterocycles. The molecule has 7 heteroatoms. The lowest BCUT2D eigenvalue weighted by Gasteiger charge is -2.31. The second-order valence-corrected chi connectivity index (χ2v) is 8.91. The zero-order valence-corrected chi connectivity index (χ0v) is 19.6. The van der Waals surface area contributed by atoms with Gasteiger partial charge in [-0.2, -0.15) is 0 Å². The summed E-state index contributed by atoms with van der Waals surface area (Å²) in [7, 11) is 3.99. The Labute approximate surface area is 203 Å². The number of rotatable bonds is 3. The highest BCUT2D eigenvalue weighted by Gasteiger charge is 2.33. The van der Waals surface area contributed by atoms with Crippen LogP contribution in [-0.4, -0.2) is 29.6 Å². The van der Waals surface area contributed by atoms with Crippen LogP contribution < -0.4 is 10.2 Å². The Bertz CT molecular complexity index is 1350. The number of amides is 2. The minimum Gasteiger partial charge on any atom is -0.378 e. The van der Waals surface area contributed by atoms with Crippen molar-refractivity contribution in [1.29, 1.82) is 0 Å². The summed E-state index contributed by atoms with van der Waals surface area (Å²) in [5.41, 5.74) is 5.55. The van der Waals surface area contributed by atoms with E-state index in [-0.39, 0.29) is 17.1 Å². The molecule has 2 heterocycles. The molecule has 1 atom stereocenters. The molecular weight excluding hydrogens is 451 g/mol. The molecule has 0 bridgehead atoms. The van der Waals surface area contributed by atoms with Gasteiger partial charge in [0, 0.05) is 37.4 Å². The van der Waals surface area contributed by atoms with Gasteiger partial charge in [-0.15, -0.1) is 0 Å². The first kappa shape index (κ1) is 22.0. The summed E-state index contributed by atoms with van der Waals surface area (Å²) in [4.78, 5) is 17.5. The molecule has 34 heavy (non-hydrogen) atoms. The van der Waals surface area contributed by atoms with Crippen LogP contribution in [0, 0.1) is 5.82 Å². The topological polar surface area (TPSA) is 40.5 Å². The van der Waals surface area contributed by atoms with E-state index in [4.69, 9.17) is 11.6 Å². The predicted octanol–water partition coefficient (Wildman–Crippen LogP) is 6.47. The molecule has 1 aromatic heterocycles. The number of fused-ring (bicyclic) bond motifs is 3. The molecule has 0 saturated heterocycles. The van der Waals surface area contributed by atoms with Crippen molar-refractivity contribution >= 4 is 29.0 Å². The smallest absolute Gasteiger partial charge is 0.322 e. The molecular formula is C27H24ClFN4O. The average molecular weight is 475 g/mol. The van der Waals surface area contributed by atoms with Gasteiger partial charge in [0.25, 0.3) is 0 Å². The number of carbonyl (C=O) groups excluding carboxylic acids is 1. The first-order valence-electron chi connectivity index (χ1n) is 11.0. The maximum atomic E-state index is 13.7. The second kappa shape index (κ2) is 8.88. The van der Waals surface area contributed by atoms with Gasteiger partial charge < -0.3 is 19.7 Å². The highest BCUT2D eigenvalue weighted by atomic mass is 35.5. The van der Waals surface area contributed by atoms with Crippen LogP contribution >= 0.6 is 11.6 Å². The normalized spacial score (nSPS) is 14.7. The standard InChI is InChI=1S/C27H24ClFN4O/c1-31(2)21-12-9-18(10-13-21)26-25-8-5-15-32(25)24-7-4-3-6-19(24)17-33(26)27(34)30-20-11-14-23(29)22(28)16-20/h3-16,26H,17H2,1-2H3,(H,30,34)/t26-/m1/s1. The van der Waals surface area contributed by atoms with Crippen LogP contribution in [0.15, 0.2) is 85.1 Å². The van der Waals surface area contributed by atoms with Crippen LogP contribution in [0.3, 0.4) is 0 Å². The number of benzene rings is 3. The van der Waals surface area contributed by atoms with E-state index in [0.29, 0.717) is 12.2 Å². The Kier molecular flexibility index (Phi) is 5.75. The summed E-state index contributed by atoms with van der Waals surface area (Å²) in [6, 6.07) is 23.9. The van der Waals surface area contributed by atoms with Crippen LogP contribution in [0.1, 0.15) is 22.9 Å². The van der Waals surface area contributed by atoms with Crippen molar-refractivity contribution in [2.75, 3.05) is 24.3 Å². The van der Waals surface area contributed by atoms with Crippen molar-refractivity contribution < 1.29 is 9.18 Å². The summed E-state index contributed by atoms with van der Waals surface area (Å²) in [5, 5.41) is 2.87. The van der Waals surface area contributed by atoms with Crippen LogP contribution in [0.5, 0.6) is 0 Å². The summed E-state index contributed by atoms with van der Waals surface area (Å²) in [6.07, 6.45) is 2.02. The van der Waals surface area contributed by atoms with Crippen LogP contribution in [-0.2, 0) is 6.54 Å². The first-order chi connectivity index (χ1) is 16.4. The lowest BCUT2D eigenvalue weighted by Crippen LogP contribution is -2.38. The van der Waals surface area contributed by atoms with E-state index in [1.165, 1.54) is 18.2 Å². The number of urea groups is 1. The van der Waals surface area contributed by atoms with Gasteiger partial charge in [-0.1, -0.05) is 41.9 Å². The van der Waals surface area contributed by atoms with Crippen LogP contribution in [0.4, 0.5) is 20.6 Å². The van der Waals surface area contributed by atoms with E-state index >= 15 is 0 Å². The minimum absolute atomic E-state index is 0.0382. The van der Waals surface area contributed by atoms with Crippen molar-refractivity contribution in [1.82, 2.24) is 9.47 Å². The summed E-state index contributed by atoms with van der Waals surface area (Å²) in [6.45, 7) is 0.402. The van der Waals surface area contributed by atoms with Gasteiger partial charge in [0.05, 0.1) is 23.3 Å². The zero-order chi connectivity index (χ0) is 23.8. The average Bonchev–Trinajstić information content (AvgIpc) is 3.26. The summed E-state index contributed by atoms with van der Waals surface area (Å²) < 4.78 is 15.8. The van der Waals surface area contributed by atoms with Crippen LogP contribution in [0.25, 0.3) is 5.69 Å². The lowest BCUT2D eigenvalue weighted by atomic mass is 10.0. The molecule has 0 saturated carbocycles. The molecule has 1 aliphatic rings. The number of para-hydroxylation sites is 1. The zero-order valence-electron chi connectivity index (χ0n) is 18.9. The minimum atomic E-state index is -0.528. The van der Waals surface area contributed by atoms with Crippen LogP contribution in [0.2, 0.25) is 5.02 Å². The Balaban J connectivity index is 1.60. The van der Waals surface area contributed by atoms with E-state index in [0.717, 1.165) is 28.2 Å². The molecule has 2 amide bonds. The number of carbonyl (C=O) groups is 1. The summed E-state index contributed by atoms with van der Waals surface area (Å²) >= 11 is 5.95. The highest BCUT2D eigenvalue weighted by molar-refractivity contribution is 6.31. The lowest BCUT2D eigenvalue weighted by molar-refractivity contribution is 0.194. The number of aromatic nitrogens is 1. The highest BCUT2D eigenvalue weighted by Crippen LogP contribution is 2.37. The van der Waals surface area contributed by atoms with E-state index in [2.05, 4.69) is 40.2 Å². The molecule has 5 rings (SSSR count). The predicted molar refractivity (Wildman–Crippen MR) is 134 cm³/mol. The number of hydrogen-bond donors (Lipinski definition) is 1. The van der Waals surface area contributed by atoms with E-state index in [1.54, 1.807) is 4.90 Å². The fourth-order valence-corrected chi connectivity index (χ4v) is 4.59. The second-order valence-electron chi connectivity index (χ2n) is 8.51. The Morgan fingerprint density at radius 1 is 1.03 bits per heavy atom. The van der Waals surface area contributed by atoms with Gasteiger partial charge in [-0.25, -0.2) is 9.18 Å². The van der Waals surface area contributed by atoms with Gasteiger partial charge in [0.2, 0.25) is 0 Å². The van der Waals surface area contributed by atoms with Crippen molar-refractivity contribution in [3.05, 3.63) is 113 Å². The molecule has 1 N–H and O–H groups in total. The number of halogens is 2. The third kappa shape index (κ3) is 4.01. The molecule has 3 aromatic carbocycles. The van der Waals surface area contributed by atoms with Gasteiger partial charge in [0.15, 0.2) is 0 Å². The largest absolute Gasteiger partial charge is 0.378 e. The fraction of sp³-hybridized carbons (Fsp3) is 0.148. The monoisotopic (exact) mass is 474 g/mol. The number of nitrogens with zero attached hydrogens (tertiary/aromatic N) is 3.